The maximum Gasteiger partial charge on any atom is 0.339 e. The lowest BCUT2D eigenvalue weighted by Gasteiger charge is -2.46. The second-order valence-electron chi connectivity index (χ2n) is 8.86. The number of aliphatic hydroxyl groups is 7. The van der Waals surface area contributed by atoms with Crippen LogP contribution in [0.25, 0.3) is 0 Å². The van der Waals surface area contributed by atoms with E-state index >= 15 is 0 Å². The average Bonchev–Trinajstić information content (AvgIpc) is 2.97. The third-order valence-electron chi connectivity index (χ3n) is 6.41. The Morgan fingerprint density at radius 2 is 1.88 bits per heavy atom. The van der Waals surface area contributed by atoms with E-state index in [-0.39, 0.29) is 18.6 Å². The molecule has 1 saturated carbocycles. The largest absolute Gasteiger partial charge is 0.471 e. The van der Waals surface area contributed by atoms with E-state index in [9.17, 15) is 40.5 Å². The Morgan fingerprint density at radius 3 is 2.45 bits per heavy atom. The number of hydrogen-bond acceptors (Lipinski definition) is 13. The van der Waals surface area contributed by atoms with Crippen LogP contribution < -0.4 is 0 Å². The van der Waals surface area contributed by atoms with Gasteiger partial charge in [-0.15, -0.1) is 0 Å². The van der Waals surface area contributed by atoms with Gasteiger partial charge in [-0.05, 0) is 13.8 Å². The molecule has 3 rings (SSSR count). The smallest absolute Gasteiger partial charge is 0.339 e. The van der Waals surface area contributed by atoms with Crippen LogP contribution in [0.5, 0.6) is 0 Å². The summed E-state index contributed by atoms with van der Waals surface area (Å²) in [4.78, 5) is 12.3. The molecule has 2 aliphatic heterocycles. The average molecular weight is 480 g/mol. The lowest BCUT2D eigenvalue weighted by molar-refractivity contribution is -0.352. The molecular weight excluding hydrogens is 448 g/mol. The predicted octanol–water partition coefficient (Wildman–Crippen LogP) is -3.52. The summed E-state index contributed by atoms with van der Waals surface area (Å²) in [6, 6.07) is 0. The molecule has 7 N–H and O–H groups in total. The lowest BCUT2D eigenvalue weighted by Crippen LogP contribution is -2.62. The van der Waals surface area contributed by atoms with Crippen molar-refractivity contribution in [1.82, 2.24) is 0 Å². The monoisotopic (exact) mass is 480 g/mol. The molecule has 190 valence electrons. The van der Waals surface area contributed by atoms with Crippen LogP contribution in [-0.4, -0.2) is 122 Å². The van der Waals surface area contributed by atoms with E-state index in [1.807, 2.05) is 0 Å². The molecule has 0 bridgehead atoms. The molecule has 0 spiro atoms. The van der Waals surface area contributed by atoms with Crippen molar-refractivity contribution in [2.75, 3.05) is 20.3 Å². The van der Waals surface area contributed by atoms with Crippen molar-refractivity contribution in [2.45, 2.75) is 80.7 Å². The van der Waals surface area contributed by atoms with Gasteiger partial charge < -0.3 is 59.4 Å². The first-order valence-electron chi connectivity index (χ1n) is 10.5. The van der Waals surface area contributed by atoms with Crippen LogP contribution in [0.1, 0.15) is 20.3 Å². The molecule has 13 heteroatoms. The highest BCUT2D eigenvalue weighted by atomic mass is 16.8. The van der Waals surface area contributed by atoms with Crippen molar-refractivity contribution in [3.8, 4) is 0 Å². The summed E-state index contributed by atoms with van der Waals surface area (Å²) in [5.74, 6) is -2.30. The zero-order chi connectivity index (χ0) is 24.7. The Kier molecular flexibility index (Phi) is 7.70. The summed E-state index contributed by atoms with van der Waals surface area (Å²) in [5.41, 5.74) is -4.24. The molecule has 1 unspecified atom stereocenters. The number of esters is 1. The van der Waals surface area contributed by atoms with Crippen molar-refractivity contribution >= 4 is 5.97 Å². The molecule has 0 aromatic heterocycles. The number of carbonyl (C=O) groups is 1. The zero-order valence-electron chi connectivity index (χ0n) is 18.5. The van der Waals surface area contributed by atoms with Gasteiger partial charge in [-0.1, -0.05) is 0 Å². The maximum absolute atomic E-state index is 12.3. The van der Waals surface area contributed by atoms with Gasteiger partial charge in [0.2, 0.25) is 6.29 Å². The minimum atomic E-state index is -2.06. The minimum absolute atomic E-state index is 0.167. The Labute approximate surface area is 189 Å². The van der Waals surface area contributed by atoms with Crippen molar-refractivity contribution in [3.05, 3.63) is 11.8 Å². The predicted molar refractivity (Wildman–Crippen MR) is 105 cm³/mol. The number of carbonyl (C=O) groups excluding carboxylic acids is 1. The number of methoxy groups -OCH3 is 1. The first-order chi connectivity index (χ1) is 15.4. The summed E-state index contributed by atoms with van der Waals surface area (Å²) in [6.07, 6.45) is -10.8. The molecule has 33 heavy (non-hydrogen) atoms. The SMILES string of the molecule is COC(=O)C1=CO[C@@H](O[C@@H]2O[C@H](CO)[C@@H](O)[C@H](O)[C@H]2O)[C@@H]2[C@@](C)(O)[C@@H](OCC(C)O)C[C@]12O. The van der Waals surface area contributed by atoms with Crippen molar-refractivity contribution in [3.63, 3.8) is 0 Å². The second kappa shape index (κ2) is 9.70. The highest BCUT2D eigenvalue weighted by Crippen LogP contribution is 2.53. The first kappa shape index (κ1) is 26.2. The summed E-state index contributed by atoms with van der Waals surface area (Å²) in [5, 5.41) is 72.1. The number of rotatable bonds is 7. The number of fused-ring (bicyclic) bond motifs is 1. The Morgan fingerprint density at radius 1 is 1.21 bits per heavy atom. The van der Waals surface area contributed by atoms with E-state index in [4.69, 9.17) is 23.7 Å². The van der Waals surface area contributed by atoms with Gasteiger partial charge in [-0.2, -0.15) is 0 Å². The molecule has 0 aromatic carbocycles. The highest BCUT2D eigenvalue weighted by Gasteiger charge is 2.68. The summed E-state index contributed by atoms with van der Waals surface area (Å²) < 4.78 is 26.8. The van der Waals surface area contributed by atoms with Gasteiger partial charge >= 0.3 is 5.97 Å². The Hall–Kier alpha value is -1.39. The quantitative estimate of drug-likeness (QED) is 0.177. The number of aliphatic hydroxyl groups excluding tert-OH is 5. The fourth-order valence-corrected chi connectivity index (χ4v) is 4.63. The molecular formula is C20H32O13. The van der Waals surface area contributed by atoms with E-state index < -0.39 is 78.9 Å². The van der Waals surface area contributed by atoms with Crippen LogP contribution in [0.4, 0.5) is 0 Å². The standard InChI is InChI=1S/C20H32O13/c1-8(22)6-30-11-4-20(28)9(16(26)29-3)7-31-18(15(20)19(11,2)27)33-17-14(25)13(24)12(23)10(5-21)32-17/h7-8,10-15,17-18,21-25,27-28H,4-6H2,1-3H3/t8?,10-,11+,12-,13+,14-,15-,17+,18+,19+,20+/m1/s1. The summed E-state index contributed by atoms with van der Waals surface area (Å²) in [7, 11) is 1.10. The van der Waals surface area contributed by atoms with E-state index in [0.29, 0.717) is 0 Å². The van der Waals surface area contributed by atoms with Crippen LogP contribution >= 0.6 is 0 Å². The molecule has 2 fully saturated rings. The fraction of sp³-hybridized carbons (Fsp3) is 0.850. The first-order valence-corrected chi connectivity index (χ1v) is 10.5. The maximum atomic E-state index is 12.3. The molecule has 0 aromatic rings. The van der Waals surface area contributed by atoms with Crippen molar-refractivity contribution in [1.29, 1.82) is 0 Å². The van der Waals surface area contributed by atoms with Gasteiger partial charge in [0.1, 0.15) is 41.2 Å². The Bertz CT molecular complexity index is 737. The zero-order valence-corrected chi connectivity index (χ0v) is 18.5. The van der Waals surface area contributed by atoms with Gasteiger partial charge in [0, 0.05) is 6.42 Å². The molecule has 1 saturated heterocycles. The Balaban J connectivity index is 1.93. The molecule has 0 radical (unpaired) electrons. The molecule has 13 nitrogen and oxygen atoms in total. The van der Waals surface area contributed by atoms with Crippen molar-refractivity contribution < 1.29 is 64.2 Å². The summed E-state index contributed by atoms with van der Waals surface area (Å²) >= 11 is 0. The fourth-order valence-electron chi connectivity index (χ4n) is 4.63. The van der Waals surface area contributed by atoms with Gasteiger partial charge in [-0.3, -0.25) is 0 Å². The van der Waals surface area contributed by atoms with Crippen molar-refractivity contribution in [2.24, 2.45) is 5.92 Å². The molecule has 11 atom stereocenters. The molecule has 0 amide bonds. The topological polar surface area (TPSA) is 205 Å². The van der Waals surface area contributed by atoms with Crippen LogP contribution in [-0.2, 0) is 28.5 Å². The van der Waals surface area contributed by atoms with E-state index in [0.717, 1.165) is 13.4 Å². The van der Waals surface area contributed by atoms with Crippen LogP contribution in [0.3, 0.4) is 0 Å². The van der Waals surface area contributed by atoms with Crippen LogP contribution in [0.15, 0.2) is 11.8 Å². The minimum Gasteiger partial charge on any atom is -0.471 e. The summed E-state index contributed by atoms with van der Waals surface area (Å²) in [6.45, 7) is 1.94. The van der Waals surface area contributed by atoms with Gasteiger partial charge in [0.25, 0.3) is 0 Å². The highest BCUT2D eigenvalue weighted by molar-refractivity contribution is 5.91. The third kappa shape index (κ3) is 4.62. The van der Waals surface area contributed by atoms with Gasteiger partial charge in [0.15, 0.2) is 6.29 Å². The van der Waals surface area contributed by atoms with Gasteiger partial charge in [-0.25, -0.2) is 4.79 Å². The van der Waals surface area contributed by atoms with E-state index in [1.54, 1.807) is 0 Å². The molecule has 1 aliphatic carbocycles. The molecule has 3 aliphatic rings. The number of ether oxygens (including phenoxy) is 5. The lowest BCUT2D eigenvalue weighted by atomic mass is 9.77. The second-order valence-corrected chi connectivity index (χ2v) is 8.86. The van der Waals surface area contributed by atoms with Gasteiger partial charge in [0.05, 0.1) is 44.7 Å². The normalized spacial score (nSPS) is 46.2. The van der Waals surface area contributed by atoms with Crippen LogP contribution in [0, 0.1) is 5.92 Å². The van der Waals surface area contributed by atoms with Crippen LogP contribution in [0.2, 0.25) is 0 Å². The number of hydrogen-bond donors (Lipinski definition) is 7. The molecule has 2 heterocycles. The van der Waals surface area contributed by atoms with E-state index in [1.165, 1.54) is 13.8 Å². The van der Waals surface area contributed by atoms with E-state index in [2.05, 4.69) is 0 Å². The third-order valence-corrected chi connectivity index (χ3v) is 6.41.